The van der Waals surface area contributed by atoms with Crippen molar-refractivity contribution < 1.29 is 28.8 Å². The largest absolute Gasteiger partial charge is 0.475 e. The van der Waals surface area contributed by atoms with Crippen molar-refractivity contribution in [2.24, 2.45) is 0 Å². The molecule has 0 atom stereocenters. The van der Waals surface area contributed by atoms with Crippen molar-refractivity contribution in [1.29, 1.82) is 0 Å². The Morgan fingerprint density at radius 2 is 1.70 bits per heavy atom. The number of esters is 1. The summed E-state index contributed by atoms with van der Waals surface area (Å²) in [5.74, 6) is -1.60. The first kappa shape index (κ1) is 19.6. The van der Waals surface area contributed by atoms with Crippen LogP contribution in [-0.4, -0.2) is 35.8 Å². The zero-order valence-electron chi connectivity index (χ0n) is 14.3. The number of nitro groups is 1. The van der Waals surface area contributed by atoms with Crippen LogP contribution in [0, 0.1) is 10.1 Å². The van der Waals surface area contributed by atoms with Crippen molar-refractivity contribution in [3.05, 3.63) is 64.2 Å². The third-order valence-electron chi connectivity index (χ3n) is 3.35. The Morgan fingerprint density at radius 1 is 1.04 bits per heavy atom. The zero-order chi connectivity index (χ0) is 19.8. The van der Waals surface area contributed by atoms with Crippen molar-refractivity contribution >= 4 is 29.0 Å². The normalized spacial score (nSPS) is 9.96. The summed E-state index contributed by atoms with van der Waals surface area (Å²) in [4.78, 5) is 44.8. The van der Waals surface area contributed by atoms with E-state index in [1.54, 1.807) is 24.3 Å². The number of ketones is 1. The molecular formula is C18H16N2O7. The molecule has 9 heteroatoms. The van der Waals surface area contributed by atoms with Crippen LogP contribution < -0.4 is 10.1 Å². The fraction of sp³-hybridized carbons (Fsp3) is 0.167. The van der Waals surface area contributed by atoms with Gasteiger partial charge in [-0.2, -0.15) is 0 Å². The molecule has 2 aromatic carbocycles. The molecule has 0 spiro atoms. The van der Waals surface area contributed by atoms with E-state index in [9.17, 15) is 24.5 Å². The zero-order valence-corrected chi connectivity index (χ0v) is 14.3. The number of Topliss-reactive ketones (excluding diaryl/α,β-unsaturated/α-hetero) is 1. The number of carbonyl (C=O) groups excluding carboxylic acids is 3. The van der Waals surface area contributed by atoms with Crippen molar-refractivity contribution in [2.45, 2.75) is 6.92 Å². The van der Waals surface area contributed by atoms with Gasteiger partial charge in [0.15, 0.2) is 24.7 Å². The lowest BCUT2D eigenvalue weighted by Crippen LogP contribution is -2.23. The Hall–Kier alpha value is -3.75. The van der Waals surface area contributed by atoms with E-state index < -0.39 is 30.0 Å². The lowest BCUT2D eigenvalue weighted by molar-refractivity contribution is -0.385. The second-order valence-electron chi connectivity index (χ2n) is 5.36. The van der Waals surface area contributed by atoms with Gasteiger partial charge in [0.1, 0.15) is 0 Å². The van der Waals surface area contributed by atoms with Gasteiger partial charge >= 0.3 is 11.7 Å². The SMILES string of the molecule is CC(=O)c1ccc(NC(=O)COC(=O)COc2ccccc2[N+](=O)[O-])cc1. The van der Waals surface area contributed by atoms with E-state index in [-0.39, 0.29) is 17.2 Å². The summed E-state index contributed by atoms with van der Waals surface area (Å²) < 4.78 is 9.83. The van der Waals surface area contributed by atoms with Gasteiger partial charge in [-0.1, -0.05) is 12.1 Å². The number of benzene rings is 2. The average molecular weight is 372 g/mol. The molecule has 2 rings (SSSR count). The standard InChI is InChI=1S/C18H16N2O7/c1-12(21)13-6-8-14(9-7-13)19-17(22)10-27-18(23)11-26-16-5-3-2-4-15(16)20(24)25/h2-9H,10-11H2,1H3,(H,19,22). The Morgan fingerprint density at radius 3 is 2.33 bits per heavy atom. The number of hydrogen-bond donors (Lipinski definition) is 1. The van der Waals surface area contributed by atoms with Crippen molar-refractivity contribution in [2.75, 3.05) is 18.5 Å². The number of nitro benzene ring substituents is 1. The van der Waals surface area contributed by atoms with Crippen LogP contribution in [0.1, 0.15) is 17.3 Å². The van der Waals surface area contributed by atoms with E-state index in [4.69, 9.17) is 9.47 Å². The molecule has 0 aliphatic rings. The van der Waals surface area contributed by atoms with Gasteiger partial charge in [0.2, 0.25) is 0 Å². The molecule has 0 aliphatic heterocycles. The number of nitrogens with one attached hydrogen (secondary N) is 1. The van der Waals surface area contributed by atoms with Crippen LogP contribution in [0.5, 0.6) is 5.75 Å². The summed E-state index contributed by atoms with van der Waals surface area (Å²) in [6, 6.07) is 11.8. The predicted molar refractivity (Wildman–Crippen MR) is 94.6 cm³/mol. The van der Waals surface area contributed by atoms with Crippen molar-refractivity contribution in [3.8, 4) is 5.75 Å². The Labute approximate surface area is 154 Å². The highest BCUT2D eigenvalue weighted by Gasteiger charge is 2.16. The summed E-state index contributed by atoms with van der Waals surface area (Å²) in [6.45, 7) is 0.304. The van der Waals surface area contributed by atoms with Gasteiger partial charge in [0, 0.05) is 17.3 Å². The number of para-hydroxylation sites is 2. The number of amides is 1. The molecule has 9 nitrogen and oxygen atoms in total. The highest BCUT2D eigenvalue weighted by molar-refractivity contribution is 5.96. The van der Waals surface area contributed by atoms with Crippen LogP contribution >= 0.6 is 0 Å². The lowest BCUT2D eigenvalue weighted by Gasteiger charge is -2.08. The van der Waals surface area contributed by atoms with Crippen LogP contribution in [-0.2, 0) is 14.3 Å². The number of anilines is 1. The highest BCUT2D eigenvalue weighted by atomic mass is 16.6. The third-order valence-corrected chi connectivity index (χ3v) is 3.35. The Balaban J connectivity index is 1.79. The van der Waals surface area contributed by atoms with Gasteiger partial charge < -0.3 is 14.8 Å². The molecule has 1 N–H and O–H groups in total. The van der Waals surface area contributed by atoms with Crippen molar-refractivity contribution in [1.82, 2.24) is 0 Å². The molecule has 0 saturated heterocycles. The van der Waals surface area contributed by atoms with Gasteiger partial charge in [0.05, 0.1) is 4.92 Å². The number of carbonyl (C=O) groups is 3. The van der Waals surface area contributed by atoms with Crippen LogP contribution in [0.4, 0.5) is 11.4 Å². The fourth-order valence-corrected chi connectivity index (χ4v) is 2.04. The molecule has 0 unspecified atom stereocenters. The number of nitrogens with zero attached hydrogens (tertiary/aromatic N) is 1. The topological polar surface area (TPSA) is 125 Å². The summed E-state index contributed by atoms with van der Waals surface area (Å²) in [5.41, 5.74) is 0.667. The van der Waals surface area contributed by atoms with Gasteiger partial charge in [-0.05, 0) is 37.3 Å². The van der Waals surface area contributed by atoms with Crippen LogP contribution in [0.25, 0.3) is 0 Å². The van der Waals surface area contributed by atoms with Gasteiger partial charge in [-0.25, -0.2) is 4.79 Å². The summed E-state index contributed by atoms with van der Waals surface area (Å²) in [5, 5.41) is 13.4. The Kier molecular flexibility index (Phi) is 6.59. The van der Waals surface area contributed by atoms with E-state index in [2.05, 4.69) is 5.32 Å². The maximum Gasteiger partial charge on any atom is 0.344 e. The minimum Gasteiger partial charge on any atom is -0.475 e. The smallest absolute Gasteiger partial charge is 0.344 e. The summed E-state index contributed by atoms with van der Waals surface area (Å²) in [6.07, 6.45) is 0. The number of hydrogen-bond acceptors (Lipinski definition) is 7. The second-order valence-corrected chi connectivity index (χ2v) is 5.36. The first-order valence-corrected chi connectivity index (χ1v) is 7.79. The van der Waals surface area contributed by atoms with Crippen LogP contribution in [0.15, 0.2) is 48.5 Å². The quantitative estimate of drug-likeness (QED) is 0.326. The maximum atomic E-state index is 11.8. The first-order valence-electron chi connectivity index (χ1n) is 7.79. The monoisotopic (exact) mass is 372 g/mol. The minimum atomic E-state index is -0.852. The van der Waals surface area contributed by atoms with Crippen molar-refractivity contribution in [3.63, 3.8) is 0 Å². The van der Waals surface area contributed by atoms with Crippen LogP contribution in [0.3, 0.4) is 0 Å². The molecule has 0 aliphatic carbocycles. The molecule has 27 heavy (non-hydrogen) atoms. The summed E-state index contributed by atoms with van der Waals surface area (Å²) in [7, 11) is 0. The molecule has 0 heterocycles. The molecule has 0 bridgehead atoms. The minimum absolute atomic E-state index is 0.0746. The molecule has 140 valence electrons. The van der Waals surface area contributed by atoms with Gasteiger partial charge in [-0.3, -0.25) is 19.7 Å². The number of ether oxygens (including phenoxy) is 2. The molecule has 2 aromatic rings. The van der Waals surface area contributed by atoms with E-state index in [0.717, 1.165) is 0 Å². The fourth-order valence-electron chi connectivity index (χ4n) is 2.04. The molecule has 1 amide bonds. The molecule has 0 fully saturated rings. The van der Waals surface area contributed by atoms with E-state index in [1.165, 1.54) is 31.2 Å². The second kappa shape index (κ2) is 9.09. The van der Waals surface area contributed by atoms with E-state index in [1.807, 2.05) is 0 Å². The molecule has 0 saturated carbocycles. The van der Waals surface area contributed by atoms with E-state index >= 15 is 0 Å². The first-order chi connectivity index (χ1) is 12.9. The average Bonchev–Trinajstić information content (AvgIpc) is 2.65. The van der Waals surface area contributed by atoms with Gasteiger partial charge in [0.25, 0.3) is 5.91 Å². The Bertz CT molecular complexity index is 862. The molecular weight excluding hydrogens is 356 g/mol. The van der Waals surface area contributed by atoms with Crippen LogP contribution in [0.2, 0.25) is 0 Å². The molecule has 0 radical (unpaired) electrons. The maximum absolute atomic E-state index is 11.8. The van der Waals surface area contributed by atoms with Gasteiger partial charge in [-0.15, -0.1) is 0 Å². The van der Waals surface area contributed by atoms with E-state index in [0.29, 0.717) is 11.3 Å². The third kappa shape index (κ3) is 5.92. The summed E-state index contributed by atoms with van der Waals surface area (Å²) >= 11 is 0. The highest BCUT2D eigenvalue weighted by Crippen LogP contribution is 2.25. The molecule has 0 aromatic heterocycles. The lowest BCUT2D eigenvalue weighted by atomic mass is 10.1. The predicted octanol–water partition coefficient (Wildman–Crippen LogP) is 2.36. The number of rotatable bonds is 8.